The highest BCUT2D eigenvalue weighted by Crippen LogP contribution is 2.29. The average molecular weight is 450 g/mol. The predicted octanol–water partition coefficient (Wildman–Crippen LogP) is 3.23. The molecule has 3 rings (SSSR count). The van der Waals surface area contributed by atoms with Gasteiger partial charge in [-0.25, -0.2) is 0 Å². The van der Waals surface area contributed by atoms with Gasteiger partial charge in [-0.15, -0.1) is 0 Å². The van der Waals surface area contributed by atoms with Gasteiger partial charge in [-0.2, -0.15) is 0 Å². The minimum atomic E-state index is -1.06. The smallest absolute Gasteiger partial charge is 0.259 e. The van der Waals surface area contributed by atoms with Gasteiger partial charge < -0.3 is 24.6 Å². The molecule has 1 aliphatic heterocycles. The van der Waals surface area contributed by atoms with Gasteiger partial charge in [0.1, 0.15) is 29.3 Å². The van der Waals surface area contributed by atoms with E-state index in [1.165, 1.54) is 0 Å². The lowest BCUT2D eigenvalue weighted by molar-refractivity contribution is -0.142. The number of carbonyl (C=O) groups is 2. The Balaban J connectivity index is 1.82. The molecule has 2 aromatic rings. The molecule has 1 aromatic carbocycles. The molecule has 0 spiro atoms. The second-order valence-electron chi connectivity index (χ2n) is 8.25. The molecule has 2 heterocycles. The van der Waals surface area contributed by atoms with Gasteiger partial charge in [0.15, 0.2) is 0 Å². The molecule has 0 aliphatic carbocycles. The van der Waals surface area contributed by atoms with E-state index in [0.29, 0.717) is 34.3 Å². The second-order valence-corrected chi connectivity index (χ2v) is 8.66. The van der Waals surface area contributed by atoms with Crippen LogP contribution in [0.1, 0.15) is 53.6 Å². The predicted molar refractivity (Wildman–Crippen MR) is 115 cm³/mol. The van der Waals surface area contributed by atoms with Crippen molar-refractivity contribution in [2.75, 3.05) is 26.3 Å². The first kappa shape index (κ1) is 23.1. The monoisotopic (exact) mass is 449 g/mol. The van der Waals surface area contributed by atoms with E-state index in [-0.39, 0.29) is 38.0 Å². The van der Waals surface area contributed by atoms with Gasteiger partial charge in [-0.05, 0) is 43.5 Å². The molecule has 2 amide bonds. The van der Waals surface area contributed by atoms with Crippen LogP contribution in [0.3, 0.4) is 0 Å². The van der Waals surface area contributed by atoms with Crippen molar-refractivity contribution in [2.24, 2.45) is 5.73 Å². The molecule has 1 atom stereocenters. The van der Waals surface area contributed by atoms with Crippen molar-refractivity contribution < 1.29 is 23.6 Å². The lowest BCUT2D eigenvalue weighted by atomic mass is 9.96. The fourth-order valence-corrected chi connectivity index (χ4v) is 3.82. The van der Waals surface area contributed by atoms with Crippen LogP contribution >= 0.6 is 11.6 Å². The van der Waals surface area contributed by atoms with Crippen molar-refractivity contribution >= 4 is 23.4 Å². The molecule has 0 saturated carbocycles. The van der Waals surface area contributed by atoms with E-state index < -0.39 is 11.5 Å². The van der Waals surface area contributed by atoms with Crippen LogP contribution in [0.25, 0.3) is 0 Å². The Bertz CT molecular complexity index is 974. The van der Waals surface area contributed by atoms with Crippen LogP contribution in [0.2, 0.25) is 5.02 Å². The number of halogens is 1. The normalized spacial score (nSPS) is 19.0. The lowest BCUT2D eigenvalue weighted by Crippen LogP contribution is -2.58. The van der Waals surface area contributed by atoms with E-state index in [1.54, 1.807) is 24.0 Å². The van der Waals surface area contributed by atoms with Gasteiger partial charge in [-0.1, -0.05) is 30.6 Å². The Morgan fingerprint density at radius 1 is 1.35 bits per heavy atom. The van der Waals surface area contributed by atoms with Crippen molar-refractivity contribution in [1.82, 2.24) is 10.1 Å². The molecule has 2 N–H and O–H groups in total. The first-order valence-corrected chi connectivity index (χ1v) is 10.6. The molecule has 8 nitrogen and oxygen atoms in total. The average Bonchev–Trinajstić information content (AvgIpc) is 3.10. The number of nitrogens with two attached hydrogens (primary N) is 1. The maximum absolute atomic E-state index is 13.3. The summed E-state index contributed by atoms with van der Waals surface area (Å²) in [5, 5.41) is 4.68. The summed E-state index contributed by atoms with van der Waals surface area (Å²) < 4.78 is 17.2. The van der Waals surface area contributed by atoms with Crippen LogP contribution < -0.4 is 10.5 Å². The van der Waals surface area contributed by atoms with E-state index in [1.807, 2.05) is 26.8 Å². The first-order valence-electron chi connectivity index (χ1n) is 10.2. The van der Waals surface area contributed by atoms with Crippen molar-refractivity contribution in [3.8, 4) is 5.75 Å². The Morgan fingerprint density at radius 2 is 2.10 bits per heavy atom. The summed E-state index contributed by atoms with van der Waals surface area (Å²) in [7, 11) is 0. The van der Waals surface area contributed by atoms with E-state index >= 15 is 0 Å². The zero-order valence-electron chi connectivity index (χ0n) is 18.2. The number of rotatable bonds is 7. The molecule has 0 unspecified atom stereocenters. The van der Waals surface area contributed by atoms with Crippen molar-refractivity contribution in [3.05, 3.63) is 45.8 Å². The van der Waals surface area contributed by atoms with Crippen molar-refractivity contribution in [1.29, 1.82) is 0 Å². The van der Waals surface area contributed by atoms with E-state index in [2.05, 4.69) is 5.16 Å². The minimum absolute atomic E-state index is 0.0318. The van der Waals surface area contributed by atoms with Gasteiger partial charge in [0, 0.05) is 11.6 Å². The summed E-state index contributed by atoms with van der Waals surface area (Å²) in [4.78, 5) is 26.8. The topological polar surface area (TPSA) is 108 Å². The van der Waals surface area contributed by atoms with Crippen LogP contribution in [0.4, 0.5) is 0 Å². The molecule has 0 radical (unpaired) electrons. The van der Waals surface area contributed by atoms with E-state index in [9.17, 15) is 9.59 Å². The van der Waals surface area contributed by atoms with Gasteiger partial charge in [-0.3, -0.25) is 9.59 Å². The quantitative estimate of drug-likeness (QED) is 0.695. The molecular weight excluding hydrogens is 422 g/mol. The maximum Gasteiger partial charge on any atom is 0.259 e. The molecule has 1 aromatic heterocycles. The van der Waals surface area contributed by atoms with Crippen LogP contribution in [0.15, 0.2) is 22.7 Å². The number of primary amides is 1. The first-order chi connectivity index (χ1) is 14.6. The number of aryl methyl sites for hydroxylation is 2. The number of nitrogens with zero attached hydrogens (tertiary/aromatic N) is 2. The van der Waals surface area contributed by atoms with Crippen molar-refractivity contribution in [2.45, 2.75) is 45.6 Å². The summed E-state index contributed by atoms with van der Waals surface area (Å²) >= 11 is 6.08. The Labute approximate surface area is 186 Å². The largest absolute Gasteiger partial charge is 0.490 e. The third kappa shape index (κ3) is 5.19. The number of hydrogen-bond acceptors (Lipinski definition) is 6. The number of aromatic nitrogens is 1. The minimum Gasteiger partial charge on any atom is -0.490 e. The summed E-state index contributed by atoms with van der Waals surface area (Å²) in [5.74, 6) is 0.351. The van der Waals surface area contributed by atoms with E-state index in [0.717, 1.165) is 5.56 Å². The van der Waals surface area contributed by atoms with Gasteiger partial charge >= 0.3 is 0 Å². The standard InChI is InChI=1S/C22H28ClN3O5/c1-13(2)20-19(15(4)31-25-20)21(28)26-7-8-30-22(11-26,10-18(24)27)12-29-16-5-6-17(23)14(3)9-16/h5-6,9,13H,7-8,10-12H2,1-4H3,(H2,24,27)/t22-/m0/s1. The number of benzene rings is 1. The Kier molecular flexibility index (Phi) is 6.91. The van der Waals surface area contributed by atoms with Crippen LogP contribution in [0, 0.1) is 13.8 Å². The number of hydrogen-bond donors (Lipinski definition) is 1. The molecular formula is C22H28ClN3O5. The molecule has 1 aliphatic rings. The zero-order chi connectivity index (χ0) is 22.8. The molecule has 31 heavy (non-hydrogen) atoms. The number of morpholine rings is 1. The Morgan fingerprint density at radius 3 is 2.74 bits per heavy atom. The highest BCUT2D eigenvalue weighted by Gasteiger charge is 2.42. The maximum atomic E-state index is 13.3. The zero-order valence-corrected chi connectivity index (χ0v) is 19.0. The number of amides is 2. The van der Waals surface area contributed by atoms with Gasteiger partial charge in [0.25, 0.3) is 5.91 Å². The highest BCUT2D eigenvalue weighted by molar-refractivity contribution is 6.31. The summed E-state index contributed by atoms with van der Waals surface area (Å²) in [6, 6.07) is 5.29. The molecule has 1 fully saturated rings. The molecule has 0 bridgehead atoms. The lowest BCUT2D eigenvalue weighted by Gasteiger charge is -2.42. The fraction of sp³-hybridized carbons (Fsp3) is 0.500. The molecule has 168 valence electrons. The summed E-state index contributed by atoms with van der Waals surface area (Å²) in [6.07, 6.45) is -0.0803. The SMILES string of the molecule is Cc1cc(OC[C@]2(CC(N)=O)CN(C(=O)c3c(C(C)C)noc3C)CCO2)ccc1Cl. The van der Waals surface area contributed by atoms with Crippen LogP contribution in [-0.4, -0.2) is 53.8 Å². The third-order valence-corrected chi connectivity index (χ3v) is 5.74. The number of carbonyl (C=O) groups excluding carboxylic acids is 2. The molecule has 1 saturated heterocycles. The van der Waals surface area contributed by atoms with E-state index in [4.69, 9.17) is 31.3 Å². The van der Waals surface area contributed by atoms with Gasteiger partial charge in [0.05, 0.1) is 25.3 Å². The molecule has 9 heteroatoms. The van der Waals surface area contributed by atoms with Crippen LogP contribution in [-0.2, 0) is 9.53 Å². The summed E-state index contributed by atoms with van der Waals surface area (Å²) in [5.41, 5.74) is 6.39. The van der Waals surface area contributed by atoms with Crippen molar-refractivity contribution in [3.63, 3.8) is 0 Å². The third-order valence-electron chi connectivity index (χ3n) is 5.31. The Hall–Kier alpha value is -2.58. The summed E-state index contributed by atoms with van der Waals surface area (Å²) in [6.45, 7) is 8.34. The highest BCUT2D eigenvalue weighted by atomic mass is 35.5. The van der Waals surface area contributed by atoms with Crippen LogP contribution in [0.5, 0.6) is 5.75 Å². The number of ether oxygens (including phenoxy) is 2. The fourth-order valence-electron chi connectivity index (χ4n) is 3.70. The van der Waals surface area contributed by atoms with Gasteiger partial charge in [0.2, 0.25) is 5.91 Å². The second kappa shape index (κ2) is 9.28.